The van der Waals surface area contributed by atoms with Gasteiger partial charge >= 0.3 is 0 Å². The minimum atomic E-state index is -2.84. The van der Waals surface area contributed by atoms with E-state index in [0.29, 0.717) is 11.1 Å². The van der Waals surface area contributed by atoms with E-state index in [-0.39, 0.29) is 0 Å². The van der Waals surface area contributed by atoms with E-state index in [1.807, 2.05) is 30.3 Å². The number of para-hydroxylation sites is 2. The highest BCUT2D eigenvalue weighted by atomic mass is 28.3. The van der Waals surface area contributed by atoms with Crippen LogP contribution in [0.1, 0.15) is 11.1 Å². The molecule has 7 aromatic carbocycles. The van der Waals surface area contributed by atoms with Gasteiger partial charge in [0.15, 0.2) is 0 Å². The highest BCUT2D eigenvalue weighted by Crippen LogP contribution is 2.34. The first-order valence-corrected chi connectivity index (χ1v) is 18.0. The number of nitrogens with zero attached hydrogens (tertiary/aromatic N) is 3. The van der Waals surface area contributed by atoms with Gasteiger partial charge < -0.3 is 4.57 Å². The Morgan fingerprint density at radius 2 is 0.875 bits per heavy atom. The van der Waals surface area contributed by atoms with Crippen molar-refractivity contribution < 1.29 is 0 Å². The van der Waals surface area contributed by atoms with Gasteiger partial charge in [0, 0.05) is 22.0 Å². The first kappa shape index (κ1) is 29.0. The van der Waals surface area contributed by atoms with E-state index >= 15 is 0 Å². The lowest BCUT2D eigenvalue weighted by Gasteiger charge is -2.47. The predicted octanol–water partition coefficient (Wildman–Crippen LogP) is 7.57. The minimum Gasteiger partial charge on any atom is -0.309 e. The largest absolute Gasteiger partial charge is 0.309 e. The maximum atomic E-state index is 10.6. The molecule has 225 valence electrons. The standard InChI is InChI=1S/C44H29N3Si/c45-30-32-24-26-38(48(35-14-4-1-5-15-35,36-16-6-2-7-17-36)37-18-8-3-9-19-37)29-42(32)39-27-25-34(28-33(39)31-46)47-43-22-12-10-20-40(43)41-21-11-13-23-44(41)47/h1-29H/q-1. The Bertz CT molecular complexity index is 2370. The zero-order chi connectivity index (χ0) is 32.5. The van der Waals surface area contributed by atoms with Gasteiger partial charge in [0.2, 0.25) is 0 Å². The van der Waals surface area contributed by atoms with Crippen LogP contribution in [0.25, 0.3) is 38.6 Å². The van der Waals surface area contributed by atoms with Crippen molar-refractivity contribution in [2.24, 2.45) is 0 Å². The van der Waals surface area contributed by atoms with Crippen molar-refractivity contribution in [3.63, 3.8) is 0 Å². The molecule has 48 heavy (non-hydrogen) atoms. The van der Waals surface area contributed by atoms with Gasteiger partial charge in [0.25, 0.3) is 0 Å². The second kappa shape index (κ2) is 12.0. The summed E-state index contributed by atoms with van der Waals surface area (Å²) in [6.45, 7) is 0. The third-order valence-corrected chi connectivity index (χ3v) is 14.2. The fourth-order valence-electron chi connectivity index (χ4n) is 7.36. The molecule has 0 radical (unpaired) electrons. The van der Waals surface area contributed by atoms with Gasteiger partial charge in [0.1, 0.15) is 0 Å². The van der Waals surface area contributed by atoms with Crippen LogP contribution in [0.4, 0.5) is 0 Å². The summed E-state index contributed by atoms with van der Waals surface area (Å²) in [5.41, 5.74) is 5.65. The van der Waals surface area contributed by atoms with E-state index in [9.17, 15) is 10.5 Å². The molecule has 0 saturated heterocycles. The molecule has 0 fully saturated rings. The fourth-order valence-corrected chi connectivity index (χ4v) is 12.1. The highest BCUT2D eigenvalue weighted by Gasteiger charge is 2.29. The summed E-state index contributed by atoms with van der Waals surface area (Å²) >= 11 is 0. The van der Waals surface area contributed by atoms with Crippen molar-refractivity contribution in [2.45, 2.75) is 0 Å². The second-order valence-electron chi connectivity index (χ2n) is 11.9. The van der Waals surface area contributed by atoms with Crippen LogP contribution in [0, 0.1) is 22.7 Å². The lowest BCUT2D eigenvalue weighted by atomic mass is 9.95. The summed E-state index contributed by atoms with van der Waals surface area (Å²) in [6.07, 6.45) is 0. The van der Waals surface area contributed by atoms with Gasteiger partial charge in [-0.3, -0.25) is 0 Å². The summed E-state index contributed by atoms with van der Waals surface area (Å²) in [7, 11) is -2.84. The van der Waals surface area contributed by atoms with Crippen LogP contribution >= 0.6 is 0 Å². The molecule has 3 nitrogen and oxygen atoms in total. The number of nitriles is 2. The fraction of sp³-hybridized carbons (Fsp3) is 0. The molecule has 0 aliphatic rings. The Labute approximate surface area is 280 Å². The van der Waals surface area contributed by atoms with Crippen molar-refractivity contribution in [3.8, 4) is 29.0 Å². The number of hydrogen-bond acceptors (Lipinski definition) is 2. The Kier molecular flexibility index (Phi) is 7.27. The topological polar surface area (TPSA) is 52.5 Å². The van der Waals surface area contributed by atoms with Gasteiger partial charge in [-0.25, -0.2) is 0 Å². The molecular formula is C44H29N3Si-. The van der Waals surface area contributed by atoms with E-state index in [4.69, 9.17) is 0 Å². The molecule has 0 N–H and O–H groups in total. The first-order chi connectivity index (χ1) is 23.7. The maximum Gasteiger partial charge on any atom is 0.0998 e. The summed E-state index contributed by atoms with van der Waals surface area (Å²) in [4.78, 5) is 0. The predicted molar refractivity (Wildman–Crippen MR) is 199 cm³/mol. The molecular weight excluding hydrogens is 599 g/mol. The molecule has 1 aromatic heterocycles. The third-order valence-electron chi connectivity index (χ3n) is 9.45. The highest BCUT2D eigenvalue weighted by molar-refractivity contribution is 7.19. The van der Waals surface area contributed by atoms with Crippen LogP contribution in [-0.4, -0.2) is 12.6 Å². The maximum absolute atomic E-state index is 10.6. The molecule has 0 saturated carbocycles. The summed E-state index contributed by atoms with van der Waals surface area (Å²) < 4.78 is 2.22. The second-order valence-corrected chi connectivity index (χ2v) is 15.7. The molecule has 8 rings (SSSR count). The molecule has 8 aromatic rings. The Morgan fingerprint density at radius 3 is 1.38 bits per heavy atom. The van der Waals surface area contributed by atoms with Crippen molar-refractivity contribution in [1.29, 1.82) is 10.5 Å². The van der Waals surface area contributed by atoms with E-state index < -0.39 is 8.07 Å². The zero-order valence-corrected chi connectivity index (χ0v) is 27.1. The monoisotopic (exact) mass is 627 g/mol. The normalized spacial score (nSPS) is 11.3. The van der Waals surface area contributed by atoms with E-state index in [0.717, 1.165) is 33.0 Å². The first-order valence-electron chi connectivity index (χ1n) is 16.0. The lowest BCUT2D eigenvalue weighted by molar-refractivity contribution is 1.18. The Morgan fingerprint density at radius 1 is 0.396 bits per heavy atom. The van der Waals surface area contributed by atoms with Crippen molar-refractivity contribution in [3.05, 3.63) is 187 Å². The van der Waals surface area contributed by atoms with Crippen molar-refractivity contribution in [2.75, 3.05) is 0 Å². The molecule has 0 spiro atoms. The van der Waals surface area contributed by atoms with E-state index in [2.05, 4.69) is 162 Å². The van der Waals surface area contributed by atoms with Crippen LogP contribution < -0.4 is 20.7 Å². The minimum absolute atomic E-state index is 0.523. The molecule has 0 unspecified atom stereocenters. The molecule has 0 aliphatic heterocycles. The number of fused-ring (bicyclic) bond motifs is 3. The summed E-state index contributed by atoms with van der Waals surface area (Å²) in [6, 6.07) is 66.1. The Hall–Kier alpha value is -6.46. The third kappa shape index (κ3) is 4.55. The van der Waals surface area contributed by atoms with Crippen LogP contribution in [0.2, 0.25) is 0 Å². The van der Waals surface area contributed by atoms with Crippen LogP contribution in [0.3, 0.4) is 0 Å². The number of hydrogen-bond donors (Lipinski definition) is 0. The van der Waals surface area contributed by atoms with Crippen molar-refractivity contribution >= 4 is 50.6 Å². The molecule has 0 atom stereocenters. The summed E-state index contributed by atoms with van der Waals surface area (Å²) in [5, 5.41) is 28.3. The van der Waals surface area contributed by atoms with Gasteiger partial charge in [-0.1, -0.05) is 146 Å². The number of aromatic nitrogens is 1. The van der Waals surface area contributed by atoms with E-state index in [1.54, 1.807) is 0 Å². The van der Waals surface area contributed by atoms with Crippen LogP contribution in [-0.2, 0) is 0 Å². The van der Waals surface area contributed by atoms with Crippen LogP contribution in [0.5, 0.6) is 0 Å². The van der Waals surface area contributed by atoms with Gasteiger partial charge in [0.05, 0.1) is 34.3 Å². The van der Waals surface area contributed by atoms with E-state index in [1.165, 1.54) is 26.3 Å². The zero-order valence-electron chi connectivity index (χ0n) is 26.1. The Balaban J connectivity index is 1.38. The molecule has 1 heterocycles. The SMILES string of the molecule is N#Cc1cc(-n2c3ccccc3c3ccccc32)ccc1-c1cc([Si-](c2ccccc2)(c2ccccc2)c2ccccc2)ccc1C#N. The van der Waals surface area contributed by atoms with Crippen LogP contribution in [0.15, 0.2) is 176 Å². The quantitative estimate of drug-likeness (QED) is 0.141. The number of benzene rings is 7. The molecule has 4 heteroatoms. The van der Waals surface area contributed by atoms with Gasteiger partial charge in [-0.05, 0) is 44.0 Å². The van der Waals surface area contributed by atoms with Gasteiger partial charge in [-0.2, -0.15) is 31.3 Å². The average Bonchev–Trinajstić information content (AvgIpc) is 3.50. The molecule has 0 amide bonds. The number of rotatable bonds is 6. The lowest BCUT2D eigenvalue weighted by Crippen LogP contribution is -2.74. The smallest absolute Gasteiger partial charge is 0.0998 e. The summed E-state index contributed by atoms with van der Waals surface area (Å²) in [5.74, 6) is 0. The molecule has 0 aliphatic carbocycles. The van der Waals surface area contributed by atoms with Gasteiger partial charge in [-0.15, -0.1) is 0 Å². The average molecular weight is 628 g/mol. The molecule has 0 bridgehead atoms. The van der Waals surface area contributed by atoms with Crippen molar-refractivity contribution in [1.82, 2.24) is 4.57 Å².